The van der Waals surface area contributed by atoms with Crippen molar-refractivity contribution in [3.05, 3.63) is 39.5 Å². The first kappa shape index (κ1) is 14.5. The second-order valence-corrected chi connectivity index (χ2v) is 6.45. The molecule has 3 rings (SSSR count). The summed E-state index contributed by atoms with van der Waals surface area (Å²) in [4.78, 5) is 10.1. The highest BCUT2D eigenvalue weighted by Gasteiger charge is 2.20. The van der Waals surface area contributed by atoms with Crippen LogP contribution >= 0.6 is 11.3 Å². The van der Waals surface area contributed by atoms with Crippen molar-refractivity contribution < 1.29 is 4.74 Å². The SMILES string of the molecule is Cc1nc(OCCc2scnc2C)ccc1CNC1CC1. The Morgan fingerprint density at radius 2 is 2.14 bits per heavy atom. The molecule has 1 N–H and O–H groups in total. The van der Waals surface area contributed by atoms with Crippen LogP contribution in [0, 0.1) is 13.8 Å². The summed E-state index contributed by atoms with van der Waals surface area (Å²) in [6.07, 6.45) is 3.51. The van der Waals surface area contributed by atoms with Crippen molar-refractivity contribution in [1.29, 1.82) is 0 Å². The van der Waals surface area contributed by atoms with Crippen molar-refractivity contribution in [3.8, 4) is 5.88 Å². The number of thiazole rings is 1. The van der Waals surface area contributed by atoms with Crippen LogP contribution in [0.4, 0.5) is 0 Å². The zero-order valence-corrected chi connectivity index (χ0v) is 13.4. The van der Waals surface area contributed by atoms with Crippen molar-refractivity contribution in [1.82, 2.24) is 15.3 Å². The minimum atomic E-state index is 0.648. The molecule has 112 valence electrons. The van der Waals surface area contributed by atoms with Gasteiger partial charge in [-0.25, -0.2) is 9.97 Å². The lowest BCUT2D eigenvalue weighted by atomic mass is 10.2. The van der Waals surface area contributed by atoms with Gasteiger partial charge in [-0.3, -0.25) is 0 Å². The van der Waals surface area contributed by atoms with E-state index in [1.165, 1.54) is 23.3 Å². The van der Waals surface area contributed by atoms with Gasteiger partial charge in [0.25, 0.3) is 0 Å². The van der Waals surface area contributed by atoms with Gasteiger partial charge in [0.2, 0.25) is 5.88 Å². The van der Waals surface area contributed by atoms with E-state index in [-0.39, 0.29) is 0 Å². The minimum absolute atomic E-state index is 0.648. The lowest BCUT2D eigenvalue weighted by molar-refractivity contribution is 0.309. The first-order valence-electron chi connectivity index (χ1n) is 7.44. The summed E-state index contributed by atoms with van der Waals surface area (Å²) in [5.41, 5.74) is 5.30. The Morgan fingerprint density at radius 1 is 1.29 bits per heavy atom. The number of hydrogen-bond acceptors (Lipinski definition) is 5. The second kappa shape index (κ2) is 6.54. The molecule has 0 bridgehead atoms. The average molecular weight is 303 g/mol. The Labute approximate surface area is 129 Å². The molecule has 2 aromatic rings. The lowest BCUT2D eigenvalue weighted by Crippen LogP contribution is -2.16. The predicted octanol–water partition coefficient (Wildman–Crippen LogP) is 3.03. The van der Waals surface area contributed by atoms with Crippen LogP contribution in [0.3, 0.4) is 0 Å². The summed E-state index contributed by atoms with van der Waals surface area (Å²) < 4.78 is 5.76. The highest BCUT2D eigenvalue weighted by Crippen LogP contribution is 2.20. The number of rotatable bonds is 7. The second-order valence-electron chi connectivity index (χ2n) is 5.51. The standard InChI is InChI=1S/C16H21N3OS/c1-11-13(9-17-14-4-5-14)3-6-16(19-11)20-8-7-15-12(2)18-10-21-15/h3,6,10,14,17H,4-5,7-9H2,1-2H3. The van der Waals surface area contributed by atoms with Crippen LogP contribution in [0.5, 0.6) is 5.88 Å². The fraction of sp³-hybridized carbons (Fsp3) is 0.500. The molecule has 0 radical (unpaired) electrons. The summed E-state index contributed by atoms with van der Waals surface area (Å²) in [7, 11) is 0. The van der Waals surface area contributed by atoms with Crippen LogP contribution in [0.1, 0.15) is 34.7 Å². The number of nitrogens with one attached hydrogen (secondary N) is 1. The fourth-order valence-electron chi connectivity index (χ4n) is 2.19. The summed E-state index contributed by atoms with van der Waals surface area (Å²) in [6.45, 7) is 5.64. The monoisotopic (exact) mass is 303 g/mol. The van der Waals surface area contributed by atoms with Gasteiger partial charge in [-0.2, -0.15) is 0 Å². The molecular formula is C16H21N3OS. The fourth-order valence-corrected chi connectivity index (χ4v) is 2.95. The first-order valence-corrected chi connectivity index (χ1v) is 8.32. The summed E-state index contributed by atoms with van der Waals surface area (Å²) in [5, 5.41) is 3.51. The van der Waals surface area contributed by atoms with Crippen LogP contribution in [0.25, 0.3) is 0 Å². The molecule has 0 atom stereocenters. The smallest absolute Gasteiger partial charge is 0.213 e. The summed E-state index contributed by atoms with van der Waals surface area (Å²) >= 11 is 1.69. The van der Waals surface area contributed by atoms with E-state index in [9.17, 15) is 0 Å². The molecule has 5 heteroatoms. The molecule has 21 heavy (non-hydrogen) atoms. The van der Waals surface area contributed by atoms with E-state index < -0.39 is 0 Å². The number of nitrogens with zero attached hydrogens (tertiary/aromatic N) is 2. The van der Waals surface area contributed by atoms with E-state index in [1.54, 1.807) is 11.3 Å². The van der Waals surface area contributed by atoms with Crippen molar-refractivity contribution in [2.24, 2.45) is 0 Å². The molecule has 0 saturated heterocycles. The van der Waals surface area contributed by atoms with Crippen LogP contribution in [-0.4, -0.2) is 22.6 Å². The van der Waals surface area contributed by atoms with Gasteiger partial charge in [0.05, 0.1) is 17.8 Å². The Bertz CT molecular complexity index is 607. The molecule has 0 amide bonds. The van der Waals surface area contributed by atoms with E-state index in [4.69, 9.17) is 4.74 Å². The normalized spacial score (nSPS) is 14.4. The third-order valence-electron chi connectivity index (χ3n) is 3.75. The van der Waals surface area contributed by atoms with E-state index in [1.807, 2.05) is 25.4 Å². The van der Waals surface area contributed by atoms with Crippen molar-refractivity contribution in [2.75, 3.05) is 6.61 Å². The molecule has 2 heterocycles. The maximum absolute atomic E-state index is 5.76. The molecular weight excluding hydrogens is 282 g/mol. The van der Waals surface area contributed by atoms with Gasteiger partial charge in [0.1, 0.15) is 0 Å². The van der Waals surface area contributed by atoms with Gasteiger partial charge in [-0.1, -0.05) is 6.07 Å². The lowest BCUT2D eigenvalue weighted by Gasteiger charge is -2.09. The highest BCUT2D eigenvalue weighted by molar-refractivity contribution is 7.09. The Kier molecular flexibility index (Phi) is 4.51. The molecule has 0 spiro atoms. The Morgan fingerprint density at radius 3 is 2.81 bits per heavy atom. The molecule has 1 aliphatic carbocycles. The molecule has 1 fully saturated rings. The van der Waals surface area contributed by atoms with E-state index >= 15 is 0 Å². The summed E-state index contributed by atoms with van der Waals surface area (Å²) in [5.74, 6) is 0.713. The van der Waals surface area contributed by atoms with Crippen LogP contribution in [0.2, 0.25) is 0 Å². The molecule has 1 saturated carbocycles. The quantitative estimate of drug-likeness (QED) is 0.854. The molecule has 0 aromatic carbocycles. The highest BCUT2D eigenvalue weighted by atomic mass is 32.1. The molecule has 2 aromatic heterocycles. The number of aromatic nitrogens is 2. The van der Waals surface area contributed by atoms with Crippen molar-refractivity contribution in [2.45, 2.75) is 45.7 Å². The van der Waals surface area contributed by atoms with Gasteiger partial charge in [-0.05, 0) is 32.3 Å². The van der Waals surface area contributed by atoms with Gasteiger partial charge in [0.15, 0.2) is 0 Å². The van der Waals surface area contributed by atoms with Gasteiger partial charge < -0.3 is 10.1 Å². The third kappa shape index (κ3) is 4.02. The van der Waals surface area contributed by atoms with Crippen LogP contribution < -0.4 is 10.1 Å². The average Bonchev–Trinajstić information content (AvgIpc) is 3.21. The topological polar surface area (TPSA) is 47.0 Å². The number of ether oxygens (including phenoxy) is 1. The molecule has 0 aliphatic heterocycles. The number of aryl methyl sites for hydroxylation is 2. The number of pyridine rings is 1. The zero-order chi connectivity index (χ0) is 14.7. The number of hydrogen-bond donors (Lipinski definition) is 1. The van der Waals surface area contributed by atoms with E-state index in [0.29, 0.717) is 12.5 Å². The molecule has 4 nitrogen and oxygen atoms in total. The van der Waals surface area contributed by atoms with Crippen molar-refractivity contribution in [3.63, 3.8) is 0 Å². The maximum atomic E-state index is 5.76. The first-order chi connectivity index (χ1) is 10.2. The van der Waals surface area contributed by atoms with Gasteiger partial charge >= 0.3 is 0 Å². The molecule has 0 unspecified atom stereocenters. The largest absolute Gasteiger partial charge is 0.477 e. The summed E-state index contributed by atoms with van der Waals surface area (Å²) in [6, 6.07) is 4.81. The molecule has 1 aliphatic rings. The predicted molar refractivity (Wildman–Crippen MR) is 84.9 cm³/mol. The minimum Gasteiger partial charge on any atom is -0.477 e. The van der Waals surface area contributed by atoms with Gasteiger partial charge in [0, 0.05) is 35.6 Å². The van der Waals surface area contributed by atoms with E-state index in [2.05, 4.69) is 21.4 Å². The zero-order valence-electron chi connectivity index (χ0n) is 12.6. The maximum Gasteiger partial charge on any atom is 0.213 e. The van der Waals surface area contributed by atoms with E-state index in [0.717, 1.165) is 30.4 Å². The van der Waals surface area contributed by atoms with Gasteiger partial charge in [-0.15, -0.1) is 11.3 Å². The van der Waals surface area contributed by atoms with Crippen LogP contribution in [0.15, 0.2) is 17.6 Å². The Balaban J connectivity index is 1.51. The van der Waals surface area contributed by atoms with Crippen molar-refractivity contribution >= 4 is 11.3 Å². The Hall–Kier alpha value is -1.46. The third-order valence-corrected chi connectivity index (χ3v) is 4.75. The van der Waals surface area contributed by atoms with Crippen LogP contribution in [-0.2, 0) is 13.0 Å².